The van der Waals surface area contributed by atoms with Gasteiger partial charge in [-0.25, -0.2) is 9.18 Å². The second-order valence-corrected chi connectivity index (χ2v) is 7.13. The maximum atomic E-state index is 13.8. The lowest BCUT2D eigenvalue weighted by Gasteiger charge is -2.42. The second kappa shape index (κ2) is 5.66. The molecule has 0 atom stereocenters. The van der Waals surface area contributed by atoms with E-state index in [2.05, 4.69) is 26.1 Å². The molecule has 21 heavy (non-hydrogen) atoms. The number of hydrogen-bond donors (Lipinski definition) is 2. The largest absolute Gasteiger partial charge is 0.480 e. The van der Waals surface area contributed by atoms with E-state index in [1.54, 1.807) is 18.2 Å². The van der Waals surface area contributed by atoms with Crippen molar-refractivity contribution in [1.29, 1.82) is 0 Å². The molecule has 0 heterocycles. The van der Waals surface area contributed by atoms with E-state index in [-0.39, 0.29) is 11.1 Å². The first kappa shape index (κ1) is 15.8. The highest BCUT2D eigenvalue weighted by atomic mass is 19.1. The first-order valence-electron chi connectivity index (χ1n) is 7.51. The zero-order valence-corrected chi connectivity index (χ0v) is 12.9. The topological polar surface area (TPSA) is 49.3 Å². The molecule has 0 aromatic heterocycles. The molecule has 0 aliphatic heterocycles. The van der Waals surface area contributed by atoms with Gasteiger partial charge in [0.1, 0.15) is 11.4 Å². The summed E-state index contributed by atoms with van der Waals surface area (Å²) >= 11 is 0. The van der Waals surface area contributed by atoms with Crippen molar-refractivity contribution in [3.05, 3.63) is 30.1 Å². The van der Waals surface area contributed by atoms with Gasteiger partial charge in [-0.05, 0) is 49.1 Å². The molecule has 1 aromatic rings. The summed E-state index contributed by atoms with van der Waals surface area (Å²) in [6.45, 7) is 6.57. The van der Waals surface area contributed by atoms with Crippen LogP contribution in [0.25, 0.3) is 0 Å². The van der Waals surface area contributed by atoms with E-state index in [1.165, 1.54) is 6.07 Å². The summed E-state index contributed by atoms with van der Waals surface area (Å²) in [5.41, 5.74) is -0.596. The van der Waals surface area contributed by atoms with Gasteiger partial charge < -0.3 is 10.4 Å². The smallest absolute Gasteiger partial charge is 0.329 e. The number of carboxylic acid groups (broad SMARTS) is 1. The van der Waals surface area contributed by atoms with Crippen molar-refractivity contribution >= 4 is 11.7 Å². The summed E-state index contributed by atoms with van der Waals surface area (Å²) in [6.07, 6.45) is 2.74. The van der Waals surface area contributed by atoms with Gasteiger partial charge in [-0.1, -0.05) is 32.9 Å². The van der Waals surface area contributed by atoms with Crippen LogP contribution < -0.4 is 5.32 Å². The van der Waals surface area contributed by atoms with Gasteiger partial charge in [0, 0.05) is 0 Å². The summed E-state index contributed by atoms with van der Waals surface area (Å²) in [5.74, 6) is -0.790. The molecular weight excluding hydrogens is 269 g/mol. The van der Waals surface area contributed by atoms with Crippen LogP contribution in [0.5, 0.6) is 0 Å². The van der Waals surface area contributed by atoms with Gasteiger partial charge in [0.2, 0.25) is 0 Å². The number of para-hydroxylation sites is 1. The minimum absolute atomic E-state index is 0.183. The van der Waals surface area contributed by atoms with E-state index in [0.717, 1.165) is 12.8 Å². The Morgan fingerprint density at radius 1 is 1.29 bits per heavy atom. The summed E-state index contributed by atoms with van der Waals surface area (Å²) in [4.78, 5) is 11.8. The van der Waals surface area contributed by atoms with Gasteiger partial charge in [0.15, 0.2) is 0 Å². The van der Waals surface area contributed by atoms with Crippen LogP contribution in [0.1, 0.15) is 46.5 Å². The van der Waals surface area contributed by atoms with Crippen molar-refractivity contribution in [1.82, 2.24) is 0 Å². The maximum absolute atomic E-state index is 13.8. The SMILES string of the molecule is CC(C)(C)C1CCC(Nc2ccccc2F)(C(=O)O)CC1. The molecule has 1 fully saturated rings. The molecule has 1 aliphatic carbocycles. The quantitative estimate of drug-likeness (QED) is 0.873. The highest BCUT2D eigenvalue weighted by Crippen LogP contribution is 2.42. The lowest BCUT2D eigenvalue weighted by molar-refractivity contribution is -0.144. The Labute approximate surface area is 125 Å². The van der Waals surface area contributed by atoms with E-state index >= 15 is 0 Å². The standard InChI is InChI=1S/C17H24FNO2/c1-16(2,3)12-8-10-17(11-9-12,15(20)21)19-14-7-5-4-6-13(14)18/h4-7,12,19H,8-11H2,1-3H3,(H,20,21). The van der Waals surface area contributed by atoms with Gasteiger partial charge in [-0.15, -0.1) is 0 Å². The van der Waals surface area contributed by atoms with E-state index in [4.69, 9.17) is 0 Å². The molecule has 3 nitrogen and oxygen atoms in total. The monoisotopic (exact) mass is 293 g/mol. The van der Waals surface area contributed by atoms with Crippen molar-refractivity contribution in [2.75, 3.05) is 5.32 Å². The number of anilines is 1. The Balaban J connectivity index is 2.17. The number of hydrogen-bond acceptors (Lipinski definition) is 2. The van der Waals surface area contributed by atoms with Crippen LogP contribution in [-0.4, -0.2) is 16.6 Å². The molecule has 0 unspecified atom stereocenters. The molecule has 0 bridgehead atoms. The van der Waals surface area contributed by atoms with Crippen LogP contribution in [0.4, 0.5) is 10.1 Å². The van der Waals surface area contributed by atoms with Crippen LogP contribution in [-0.2, 0) is 4.79 Å². The van der Waals surface area contributed by atoms with Crippen molar-refractivity contribution in [2.45, 2.75) is 52.0 Å². The van der Waals surface area contributed by atoms with Crippen molar-refractivity contribution in [3.63, 3.8) is 0 Å². The molecular formula is C17H24FNO2. The highest BCUT2D eigenvalue weighted by molar-refractivity contribution is 5.83. The first-order valence-corrected chi connectivity index (χ1v) is 7.51. The van der Waals surface area contributed by atoms with Crippen molar-refractivity contribution < 1.29 is 14.3 Å². The van der Waals surface area contributed by atoms with E-state index in [0.29, 0.717) is 18.8 Å². The molecule has 0 saturated heterocycles. The minimum Gasteiger partial charge on any atom is -0.480 e. The summed E-state index contributed by atoms with van der Waals surface area (Å²) in [6, 6.07) is 6.25. The number of carboxylic acids is 1. The number of rotatable bonds is 3. The molecule has 1 aliphatic rings. The Hall–Kier alpha value is -1.58. The fraction of sp³-hybridized carbons (Fsp3) is 0.588. The number of aliphatic carboxylic acids is 1. The summed E-state index contributed by atoms with van der Waals surface area (Å²) < 4.78 is 13.8. The predicted molar refractivity (Wildman–Crippen MR) is 81.8 cm³/mol. The van der Waals surface area contributed by atoms with Gasteiger partial charge in [0.05, 0.1) is 5.69 Å². The van der Waals surface area contributed by atoms with E-state index < -0.39 is 17.3 Å². The van der Waals surface area contributed by atoms with Crippen LogP contribution in [0.2, 0.25) is 0 Å². The fourth-order valence-electron chi connectivity index (χ4n) is 3.19. The third kappa shape index (κ3) is 3.36. The lowest BCUT2D eigenvalue weighted by atomic mass is 9.67. The van der Waals surface area contributed by atoms with Gasteiger partial charge >= 0.3 is 5.97 Å². The molecule has 2 N–H and O–H groups in total. The normalized spacial score (nSPS) is 26.4. The zero-order valence-electron chi connectivity index (χ0n) is 12.9. The third-order valence-electron chi connectivity index (χ3n) is 4.72. The molecule has 2 rings (SSSR count). The van der Waals surface area contributed by atoms with Gasteiger partial charge in [-0.3, -0.25) is 0 Å². The van der Waals surface area contributed by atoms with Crippen molar-refractivity contribution in [2.24, 2.45) is 11.3 Å². The van der Waals surface area contributed by atoms with Crippen LogP contribution in [0, 0.1) is 17.2 Å². The number of carbonyl (C=O) groups is 1. The highest BCUT2D eigenvalue weighted by Gasteiger charge is 2.44. The third-order valence-corrected chi connectivity index (χ3v) is 4.72. The molecule has 0 spiro atoms. The average molecular weight is 293 g/mol. The lowest BCUT2D eigenvalue weighted by Crippen LogP contribution is -2.50. The number of benzene rings is 1. The molecule has 116 valence electrons. The predicted octanol–water partition coefficient (Wildman–Crippen LogP) is 4.30. The molecule has 0 radical (unpaired) electrons. The Bertz CT molecular complexity index is 514. The summed E-state index contributed by atoms with van der Waals surface area (Å²) in [5, 5.41) is 12.6. The molecule has 1 saturated carbocycles. The van der Waals surface area contributed by atoms with Gasteiger partial charge in [0.25, 0.3) is 0 Å². The molecule has 0 amide bonds. The Morgan fingerprint density at radius 3 is 2.33 bits per heavy atom. The number of halogens is 1. The zero-order chi connectivity index (χ0) is 15.7. The van der Waals surface area contributed by atoms with Crippen LogP contribution in [0.15, 0.2) is 24.3 Å². The van der Waals surface area contributed by atoms with Gasteiger partial charge in [-0.2, -0.15) is 0 Å². The fourth-order valence-corrected chi connectivity index (χ4v) is 3.19. The van der Waals surface area contributed by atoms with Crippen LogP contribution in [0.3, 0.4) is 0 Å². The first-order chi connectivity index (χ1) is 9.74. The second-order valence-electron chi connectivity index (χ2n) is 7.13. The Kier molecular flexibility index (Phi) is 4.26. The average Bonchev–Trinajstić information content (AvgIpc) is 2.41. The molecule has 1 aromatic carbocycles. The number of nitrogens with one attached hydrogen (secondary N) is 1. The minimum atomic E-state index is -1.05. The van der Waals surface area contributed by atoms with Crippen molar-refractivity contribution in [3.8, 4) is 0 Å². The summed E-state index contributed by atoms with van der Waals surface area (Å²) in [7, 11) is 0. The molecule has 4 heteroatoms. The maximum Gasteiger partial charge on any atom is 0.329 e. The van der Waals surface area contributed by atoms with E-state index in [1.807, 2.05) is 0 Å². The van der Waals surface area contributed by atoms with Crippen LogP contribution >= 0.6 is 0 Å². The van der Waals surface area contributed by atoms with E-state index in [9.17, 15) is 14.3 Å². The Morgan fingerprint density at radius 2 is 1.86 bits per heavy atom.